The molecule has 0 amide bonds. The second-order valence-corrected chi connectivity index (χ2v) is 3.85. The highest BCUT2D eigenvalue weighted by atomic mass is 16.5. The lowest BCUT2D eigenvalue weighted by Crippen LogP contribution is -2.30. The topological polar surface area (TPSA) is 65.6 Å². The lowest BCUT2D eigenvalue weighted by atomic mass is 10.2. The van der Waals surface area contributed by atoms with Crippen molar-refractivity contribution in [2.24, 2.45) is 0 Å². The van der Waals surface area contributed by atoms with Gasteiger partial charge in [-0.1, -0.05) is 0 Å². The maximum absolute atomic E-state index is 10.9. The van der Waals surface area contributed by atoms with Gasteiger partial charge in [-0.2, -0.15) is 0 Å². The van der Waals surface area contributed by atoms with Crippen molar-refractivity contribution in [2.75, 3.05) is 20.7 Å². The summed E-state index contributed by atoms with van der Waals surface area (Å²) in [4.78, 5) is 15.8. The van der Waals surface area contributed by atoms with Gasteiger partial charge in [0.2, 0.25) is 0 Å². The summed E-state index contributed by atoms with van der Waals surface area (Å²) >= 11 is 0. The molecule has 1 unspecified atom stereocenters. The first-order chi connectivity index (χ1) is 7.61. The minimum Gasteiger partial charge on any atom is -0.469 e. The molecule has 1 aromatic rings. The molecule has 0 saturated heterocycles. The van der Waals surface area contributed by atoms with Gasteiger partial charge in [0, 0.05) is 25.5 Å². The third-order valence-electron chi connectivity index (χ3n) is 2.27. The first kappa shape index (κ1) is 12.7. The third kappa shape index (κ3) is 4.46. The van der Waals surface area contributed by atoms with E-state index in [0.29, 0.717) is 6.54 Å². The Labute approximate surface area is 95.0 Å². The number of aromatic nitrogens is 1. The molecule has 2 N–H and O–H groups in total. The van der Waals surface area contributed by atoms with Crippen molar-refractivity contribution < 1.29 is 14.6 Å². The fourth-order valence-corrected chi connectivity index (χ4v) is 1.53. The van der Waals surface area contributed by atoms with Crippen LogP contribution in [-0.2, 0) is 16.1 Å². The molecule has 1 aromatic heterocycles. The van der Waals surface area contributed by atoms with Gasteiger partial charge in [0.1, 0.15) is 0 Å². The molecular weight excluding hydrogens is 208 g/mol. The highest BCUT2D eigenvalue weighted by Crippen LogP contribution is 2.03. The number of aliphatic hydroxyl groups is 1. The Bertz CT molecular complexity index is 311. The molecule has 1 heterocycles. The highest BCUT2D eigenvalue weighted by molar-refractivity contribution is 5.69. The number of hydrogen-bond donors (Lipinski definition) is 2. The Morgan fingerprint density at radius 2 is 2.44 bits per heavy atom. The average Bonchev–Trinajstić information content (AvgIpc) is 2.69. The predicted molar refractivity (Wildman–Crippen MR) is 59.8 cm³/mol. The van der Waals surface area contributed by atoms with Crippen LogP contribution in [0.15, 0.2) is 18.5 Å². The minimum atomic E-state index is -0.684. The smallest absolute Gasteiger partial charge is 0.308 e. The van der Waals surface area contributed by atoms with E-state index in [1.807, 2.05) is 30.4 Å². The molecule has 0 bridgehead atoms. The molecule has 0 spiro atoms. The number of nitrogens with one attached hydrogen (secondary N) is 1. The Balaban J connectivity index is 2.28. The van der Waals surface area contributed by atoms with Gasteiger partial charge in [-0.15, -0.1) is 0 Å². The number of H-pyrrole nitrogens is 1. The SMILES string of the molecule is COC(=O)CC(O)CN(C)Cc1cc[nH]c1. The van der Waals surface area contributed by atoms with E-state index in [4.69, 9.17) is 0 Å². The molecule has 5 heteroatoms. The zero-order valence-corrected chi connectivity index (χ0v) is 9.64. The maximum atomic E-state index is 10.9. The lowest BCUT2D eigenvalue weighted by Gasteiger charge is -2.19. The minimum absolute atomic E-state index is 0.0357. The van der Waals surface area contributed by atoms with Crippen LogP contribution in [0.5, 0.6) is 0 Å². The van der Waals surface area contributed by atoms with Gasteiger partial charge in [0.05, 0.1) is 19.6 Å². The highest BCUT2D eigenvalue weighted by Gasteiger charge is 2.13. The standard InChI is InChI=1S/C11H18N2O3/c1-13(7-9-3-4-12-6-9)8-10(14)5-11(15)16-2/h3-4,6,10,12,14H,5,7-8H2,1-2H3. The van der Waals surface area contributed by atoms with Crippen molar-refractivity contribution in [1.82, 2.24) is 9.88 Å². The molecular formula is C11H18N2O3. The second-order valence-electron chi connectivity index (χ2n) is 3.85. The zero-order chi connectivity index (χ0) is 12.0. The summed E-state index contributed by atoms with van der Waals surface area (Å²) in [6.45, 7) is 1.18. The molecule has 1 atom stereocenters. The molecule has 1 rings (SSSR count). The summed E-state index contributed by atoms with van der Waals surface area (Å²) in [6, 6.07) is 1.98. The first-order valence-electron chi connectivity index (χ1n) is 5.17. The van der Waals surface area contributed by atoms with Crippen molar-refractivity contribution in [3.8, 4) is 0 Å². The van der Waals surface area contributed by atoms with Gasteiger partial charge in [-0.05, 0) is 18.7 Å². The van der Waals surface area contributed by atoms with E-state index >= 15 is 0 Å². The van der Waals surface area contributed by atoms with E-state index < -0.39 is 6.10 Å². The van der Waals surface area contributed by atoms with Crippen molar-refractivity contribution in [3.63, 3.8) is 0 Å². The number of methoxy groups -OCH3 is 1. The fourth-order valence-electron chi connectivity index (χ4n) is 1.53. The summed E-state index contributed by atoms with van der Waals surface area (Å²) in [5.41, 5.74) is 1.15. The van der Waals surface area contributed by atoms with Crippen LogP contribution in [0.2, 0.25) is 0 Å². The monoisotopic (exact) mass is 226 g/mol. The maximum Gasteiger partial charge on any atom is 0.308 e. The molecule has 0 aliphatic heterocycles. The van der Waals surface area contributed by atoms with Crippen LogP contribution in [0.3, 0.4) is 0 Å². The van der Waals surface area contributed by atoms with E-state index in [1.54, 1.807) is 0 Å². The molecule has 0 aromatic carbocycles. The van der Waals surface area contributed by atoms with Gasteiger partial charge in [0.15, 0.2) is 0 Å². The van der Waals surface area contributed by atoms with Gasteiger partial charge in [-0.25, -0.2) is 0 Å². The fraction of sp³-hybridized carbons (Fsp3) is 0.545. The van der Waals surface area contributed by atoms with E-state index in [9.17, 15) is 9.90 Å². The van der Waals surface area contributed by atoms with Crippen LogP contribution in [0.25, 0.3) is 0 Å². The Hall–Kier alpha value is -1.33. The normalized spacial score (nSPS) is 12.8. The number of nitrogens with zero attached hydrogens (tertiary/aromatic N) is 1. The van der Waals surface area contributed by atoms with E-state index in [0.717, 1.165) is 12.1 Å². The molecule has 5 nitrogen and oxygen atoms in total. The number of carbonyl (C=O) groups excluding carboxylic acids is 1. The number of aromatic amines is 1. The summed E-state index contributed by atoms with van der Waals surface area (Å²) in [7, 11) is 3.21. The molecule has 0 aliphatic carbocycles. The molecule has 0 aliphatic rings. The van der Waals surface area contributed by atoms with Gasteiger partial charge in [0.25, 0.3) is 0 Å². The van der Waals surface area contributed by atoms with E-state index in [1.165, 1.54) is 7.11 Å². The lowest BCUT2D eigenvalue weighted by molar-refractivity contribution is -0.143. The van der Waals surface area contributed by atoms with Crippen LogP contribution in [0.1, 0.15) is 12.0 Å². The van der Waals surface area contributed by atoms with Gasteiger partial charge in [-0.3, -0.25) is 9.69 Å². The summed E-state index contributed by atoms with van der Waals surface area (Å²) in [5, 5.41) is 9.60. The van der Waals surface area contributed by atoms with Crippen LogP contribution in [0, 0.1) is 0 Å². The largest absolute Gasteiger partial charge is 0.469 e. The number of likely N-dealkylation sites (N-methyl/N-ethyl adjacent to an activating group) is 1. The van der Waals surface area contributed by atoms with Crippen LogP contribution in [-0.4, -0.2) is 47.8 Å². The van der Waals surface area contributed by atoms with E-state index in [2.05, 4.69) is 9.72 Å². The number of esters is 1. The summed E-state index contributed by atoms with van der Waals surface area (Å²) in [6.07, 6.45) is 3.11. The zero-order valence-electron chi connectivity index (χ0n) is 9.64. The van der Waals surface area contributed by atoms with E-state index in [-0.39, 0.29) is 12.4 Å². The number of ether oxygens (including phenoxy) is 1. The third-order valence-corrected chi connectivity index (χ3v) is 2.27. The molecule has 90 valence electrons. The quantitative estimate of drug-likeness (QED) is 0.688. The predicted octanol–water partition coefficient (Wildman–Crippen LogP) is 0.370. The number of aliphatic hydroxyl groups excluding tert-OH is 1. The molecule has 0 radical (unpaired) electrons. The van der Waals surface area contributed by atoms with Crippen molar-refractivity contribution in [2.45, 2.75) is 19.1 Å². The first-order valence-corrected chi connectivity index (χ1v) is 5.17. The second kappa shape index (κ2) is 6.30. The molecule has 0 fully saturated rings. The van der Waals surface area contributed by atoms with Crippen molar-refractivity contribution in [1.29, 1.82) is 0 Å². The van der Waals surface area contributed by atoms with Gasteiger partial charge >= 0.3 is 5.97 Å². The molecule has 16 heavy (non-hydrogen) atoms. The van der Waals surface area contributed by atoms with Gasteiger partial charge < -0.3 is 14.8 Å². The number of rotatable bonds is 6. The Kier molecular flexibility index (Phi) is 5.01. The number of carbonyl (C=O) groups is 1. The van der Waals surface area contributed by atoms with Crippen LogP contribution < -0.4 is 0 Å². The summed E-state index contributed by atoms with van der Waals surface area (Å²) < 4.78 is 4.49. The molecule has 0 saturated carbocycles. The average molecular weight is 226 g/mol. The van der Waals surface area contributed by atoms with Crippen LogP contribution in [0.4, 0.5) is 0 Å². The van der Waals surface area contributed by atoms with Crippen molar-refractivity contribution in [3.05, 3.63) is 24.0 Å². The van der Waals surface area contributed by atoms with Crippen molar-refractivity contribution >= 4 is 5.97 Å². The Morgan fingerprint density at radius 1 is 1.69 bits per heavy atom. The summed E-state index contributed by atoms with van der Waals surface area (Å²) in [5.74, 6) is -0.387. The Morgan fingerprint density at radius 3 is 3.00 bits per heavy atom. The van der Waals surface area contributed by atoms with Crippen LogP contribution >= 0.6 is 0 Å². The number of hydrogen-bond acceptors (Lipinski definition) is 4.